The molecule has 4 heteroatoms. The van der Waals surface area contributed by atoms with E-state index in [0.29, 0.717) is 23.9 Å². The maximum atomic E-state index is 11.3. The highest BCUT2D eigenvalue weighted by Gasteiger charge is 2.50. The summed E-state index contributed by atoms with van der Waals surface area (Å²) in [5.41, 5.74) is -0.720. The maximum absolute atomic E-state index is 11.3. The number of nitrogens with one attached hydrogen (secondary N) is 1. The molecule has 0 aromatic rings. The van der Waals surface area contributed by atoms with Crippen molar-refractivity contribution in [2.45, 2.75) is 12.8 Å². The fraction of sp³-hybridized carbons (Fsp3) is 0.500. The molecule has 0 saturated heterocycles. The SMILES string of the molecule is C=C(Br)CNC(=O)C1(C#N)CC1. The second-order valence-electron chi connectivity index (χ2n) is 2.89. The summed E-state index contributed by atoms with van der Waals surface area (Å²) in [6, 6.07) is 2.02. The molecule has 0 spiro atoms. The first-order chi connectivity index (χ1) is 5.60. The molecule has 1 amide bonds. The third-order valence-electron chi connectivity index (χ3n) is 1.84. The molecular weight excluding hydrogens is 220 g/mol. The van der Waals surface area contributed by atoms with Crippen molar-refractivity contribution in [3.05, 3.63) is 11.1 Å². The van der Waals surface area contributed by atoms with Crippen molar-refractivity contribution in [2.24, 2.45) is 5.41 Å². The Bertz CT molecular complexity index is 263. The zero-order chi connectivity index (χ0) is 9.19. The Morgan fingerprint density at radius 2 is 2.33 bits per heavy atom. The van der Waals surface area contributed by atoms with Crippen LogP contribution in [0.2, 0.25) is 0 Å². The maximum Gasteiger partial charge on any atom is 0.240 e. The van der Waals surface area contributed by atoms with Gasteiger partial charge in [-0.15, -0.1) is 0 Å². The molecule has 0 bridgehead atoms. The summed E-state index contributed by atoms with van der Waals surface area (Å²) in [6.07, 6.45) is 1.37. The van der Waals surface area contributed by atoms with E-state index in [0.717, 1.165) is 0 Å². The van der Waals surface area contributed by atoms with Crippen molar-refractivity contribution in [3.8, 4) is 6.07 Å². The molecule has 64 valence electrons. The van der Waals surface area contributed by atoms with Gasteiger partial charge in [0.05, 0.1) is 6.07 Å². The molecule has 0 heterocycles. The lowest BCUT2D eigenvalue weighted by Gasteiger charge is -2.06. The number of nitriles is 1. The van der Waals surface area contributed by atoms with Crippen molar-refractivity contribution in [1.82, 2.24) is 5.32 Å². The average Bonchev–Trinajstić information content (AvgIpc) is 2.80. The van der Waals surface area contributed by atoms with E-state index in [2.05, 4.69) is 27.8 Å². The van der Waals surface area contributed by atoms with Crippen LogP contribution < -0.4 is 5.32 Å². The Balaban J connectivity index is 2.40. The number of hydrogen-bond donors (Lipinski definition) is 1. The van der Waals surface area contributed by atoms with Gasteiger partial charge in [0.15, 0.2) is 0 Å². The fourth-order valence-electron chi connectivity index (χ4n) is 0.860. The molecule has 1 saturated carbocycles. The largest absolute Gasteiger partial charge is 0.350 e. The molecule has 3 nitrogen and oxygen atoms in total. The second-order valence-corrected chi connectivity index (χ2v) is 4.02. The molecule has 0 aromatic heterocycles. The zero-order valence-electron chi connectivity index (χ0n) is 6.56. The predicted molar refractivity (Wildman–Crippen MR) is 48.4 cm³/mol. The number of rotatable bonds is 3. The van der Waals surface area contributed by atoms with Gasteiger partial charge in [-0.3, -0.25) is 4.79 Å². The van der Waals surface area contributed by atoms with E-state index in [1.54, 1.807) is 0 Å². The molecule has 0 aliphatic heterocycles. The van der Waals surface area contributed by atoms with E-state index in [-0.39, 0.29) is 5.91 Å². The summed E-state index contributed by atoms with van der Waals surface area (Å²) in [5.74, 6) is -0.175. The van der Waals surface area contributed by atoms with Gasteiger partial charge >= 0.3 is 0 Å². The number of halogens is 1. The smallest absolute Gasteiger partial charge is 0.240 e. The Morgan fingerprint density at radius 3 is 2.67 bits per heavy atom. The summed E-state index contributed by atoms with van der Waals surface area (Å²) < 4.78 is 0.713. The van der Waals surface area contributed by atoms with Gasteiger partial charge in [-0.05, 0) is 12.8 Å². The standard InChI is InChI=1S/C8H9BrN2O/c1-6(9)4-11-7(12)8(5-10)2-3-8/h1-4H2,(H,11,12). The van der Waals surface area contributed by atoms with Gasteiger partial charge in [-0.25, -0.2) is 0 Å². The molecule has 0 radical (unpaired) electrons. The number of carbonyl (C=O) groups is 1. The number of amides is 1. The summed E-state index contributed by atoms with van der Waals surface area (Å²) in [5, 5.41) is 11.3. The summed E-state index contributed by atoms with van der Waals surface area (Å²) in [7, 11) is 0. The summed E-state index contributed by atoms with van der Waals surface area (Å²) in [6.45, 7) is 3.97. The van der Waals surface area contributed by atoms with Crippen molar-refractivity contribution in [2.75, 3.05) is 6.54 Å². The molecular formula is C8H9BrN2O. The minimum atomic E-state index is -0.720. The third-order valence-corrected chi connectivity index (χ3v) is 2.12. The molecule has 1 aliphatic rings. The molecule has 0 unspecified atom stereocenters. The van der Waals surface area contributed by atoms with Crippen molar-refractivity contribution in [1.29, 1.82) is 5.26 Å². The van der Waals surface area contributed by atoms with E-state index < -0.39 is 5.41 Å². The van der Waals surface area contributed by atoms with Crippen LogP contribution in [0.15, 0.2) is 11.1 Å². The molecule has 1 rings (SSSR count). The molecule has 1 aliphatic carbocycles. The summed E-state index contributed by atoms with van der Waals surface area (Å²) in [4.78, 5) is 11.3. The van der Waals surface area contributed by atoms with Gasteiger partial charge in [0.25, 0.3) is 0 Å². The molecule has 1 N–H and O–H groups in total. The Kier molecular flexibility index (Phi) is 2.53. The van der Waals surface area contributed by atoms with Gasteiger partial charge in [0.1, 0.15) is 5.41 Å². The van der Waals surface area contributed by atoms with Gasteiger partial charge < -0.3 is 5.32 Å². The molecule has 0 aromatic carbocycles. The first-order valence-electron chi connectivity index (χ1n) is 3.63. The minimum Gasteiger partial charge on any atom is -0.350 e. The van der Waals surface area contributed by atoms with Crippen LogP contribution in [-0.4, -0.2) is 12.5 Å². The zero-order valence-corrected chi connectivity index (χ0v) is 8.15. The Hall–Kier alpha value is -0.820. The fourth-order valence-corrected chi connectivity index (χ4v) is 1.00. The normalized spacial score (nSPS) is 17.7. The lowest BCUT2D eigenvalue weighted by atomic mass is 10.1. The van der Waals surface area contributed by atoms with Crippen LogP contribution in [0.3, 0.4) is 0 Å². The van der Waals surface area contributed by atoms with Crippen molar-refractivity contribution in [3.63, 3.8) is 0 Å². The highest BCUT2D eigenvalue weighted by atomic mass is 79.9. The van der Waals surface area contributed by atoms with E-state index >= 15 is 0 Å². The Labute approximate surface area is 79.6 Å². The highest BCUT2D eigenvalue weighted by molar-refractivity contribution is 9.11. The van der Waals surface area contributed by atoms with Crippen molar-refractivity contribution >= 4 is 21.8 Å². The predicted octanol–water partition coefficient (Wildman–Crippen LogP) is 1.31. The number of nitrogens with zero attached hydrogens (tertiary/aromatic N) is 1. The summed E-state index contributed by atoms with van der Waals surface area (Å²) >= 11 is 3.12. The van der Waals surface area contributed by atoms with Gasteiger partial charge in [0, 0.05) is 11.0 Å². The van der Waals surface area contributed by atoms with E-state index in [4.69, 9.17) is 5.26 Å². The van der Waals surface area contributed by atoms with Crippen LogP contribution in [0.4, 0.5) is 0 Å². The molecule has 12 heavy (non-hydrogen) atoms. The first kappa shape index (κ1) is 9.27. The van der Waals surface area contributed by atoms with Crippen molar-refractivity contribution < 1.29 is 4.79 Å². The van der Waals surface area contributed by atoms with Crippen LogP contribution in [-0.2, 0) is 4.79 Å². The van der Waals surface area contributed by atoms with Crippen LogP contribution in [0, 0.1) is 16.7 Å². The second kappa shape index (κ2) is 3.28. The lowest BCUT2D eigenvalue weighted by Crippen LogP contribution is -2.31. The van der Waals surface area contributed by atoms with E-state index in [9.17, 15) is 4.79 Å². The van der Waals surface area contributed by atoms with Gasteiger partial charge in [-0.1, -0.05) is 22.5 Å². The topological polar surface area (TPSA) is 52.9 Å². The highest BCUT2D eigenvalue weighted by Crippen LogP contribution is 2.44. The van der Waals surface area contributed by atoms with Crippen LogP contribution in [0.25, 0.3) is 0 Å². The van der Waals surface area contributed by atoms with E-state index in [1.165, 1.54) is 0 Å². The van der Waals surface area contributed by atoms with Gasteiger partial charge in [-0.2, -0.15) is 5.26 Å². The number of hydrogen-bond acceptors (Lipinski definition) is 2. The minimum absolute atomic E-state index is 0.175. The first-order valence-corrected chi connectivity index (χ1v) is 4.43. The lowest BCUT2D eigenvalue weighted by molar-refractivity contribution is -0.124. The molecule has 1 fully saturated rings. The quantitative estimate of drug-likeness (QED) is 0.793. The average molecular weight is 229 g/mol. The molecule has 0 atom stereocenters. The van der Waals surface area contributed by atoms with Crippen LogP contribution in [0.5, 0.6) is 0 Å². The van der Waals surface area contributed by atoms with Gasteiger partial charge in [0.2, 0.25) is 5.91 Å². The Morgan fingerprint density at radius 1 is 1.75 bits per heavy atom. The monoisotopic (exact) mass is 228 g/mol. The van der Waals surface area contributed by atoms with Crippen LogP contribution >= 0.6 is 15.9 Å². The third kappa shape index (κ3) is 1.86. The number of carbonyl (C=O) groups excluding carboxylic acids is 1. The van der Waals surface area contributed by atoms with E-state index in [1.807, 2.05) is 6.07 Å². The van der Waals surface area contributed by atoms with Crippen LogP contribution in [0.1, 0.15) is 12.8 Å².